The summed E-state index contributed by atoms with van der Waals surface area (Å²) >= 11 is 3.47. The van der Waals surface area contributed by atoms with Crippen LogP contribution in [-0.4, -0.2) is 16.2 Å². The molecule has 0 aliphatic carbocycles. The zero-order chi connectivity index (χ0) is 14.0. The molecule has 0 N–H and O–H groups in total. The average molecular weight is 323 g/mol. The average Bonchev–Trinajstić information content (AvgIpc) is 2.61. The van der Waals surface area contributed by atoms with E-state index in [-0.39, 0.29) is 0 Å². The number of benzene rings is 1. The van der Waals surface area contributed by atoms with Gasteiger partial charge in [0.1, 0.15) is 18.2 Å². The summed E-state index contributed by atoms with van der Waals surface area (Å²) in [6, 6.07) is 6.09. The van der Waals surface area contributed by atoms with Gasteiger partial charge in [0.25, 0.3) is 0 Å². The maximum absolute atomic E-state index is 5.77. The molecule has 3 nitrogen and oxygen atoms in total. The molecule has 102 valence electrons. The zero-order valence-electron chi connectivity index (χ0n) is 11.8. The monoisotopic (exact) mass is 322 g/mol. The molecule has 4 heteroatoms. The Bertz CT molecular complexity index is 590. The molecule has 0 unspecified atom stereocenters. The summed E-state index contributed by atoms with van der Waals surface area (Å²) in [4.78, 5) is 4.65. The Morgan fingerprint density at radius 1 is 1.26 bits per heavy atom. The van der Waals surface area contributed by atoms with E-state index < -0.39 is 0 Å². The van der Waals surface area contributed by atoms with Gasteiger partial charge in [-0.25, -0.2) is 4.98 Å². The van der Waals surface area contributed by atoms with Crippen LogP contribution < -0.4 is 4.74 Å². The molecule has 3 rings (SSSR count). The summed E-state index contributed by atoms with van der Waals surface area (Å²) in [5.74, 6) is 1.92. The predicted molar refractivity (Wildman–Crippen MR) is 81.7 cm³/mol. The number of nitrogens with zero attached hydrogens (tertiary/aromatic N) is 2. The standard InChI is InChI=1S/C13H13BrN2O.C2H6/c1-8-9(2)16-5-6-17-12-7-10(14)3-4-11(12)13(16)15-8;1-2/h3-4,7H,5-6H2,1-2H3;1-2H3. The van der Waals surface area contributed by atoms with E-state index in [1.54, 1.807) is 0 Å². The van der Waals surface area contributed by atoms with E-state index in [0.29, 0.717) is 6.61 Å². The molecule has 0 fully saturated rings. The lowest BCUT2D eigenvalue weighted by molar-refractivity contribution is 0.305. The molecule has 2 aromatic rings. The fourth-order valence-electron chi connectivity index (χ4n) is 2.18. The Labute approximate surface area is 122 Å². The maximum Gasteiger partial charge on any atom is 0.144 e. The van der Waals surface area contributed by atoms with Crippen molar-refractivity contribution in [3.8, 4) is 17.1 Å². The summed E-state index contributed by atoms with van der Waals surface area (Å²) in [7, 11) is 0. The third-order valence-electron chi connectivity index (χ3n) is 3.21. The topological polar surface area (TPSA) is 27.1 Å². The lowest BCUT2D eigenvalue weighted by Crippen LogP contribution is -2.07. The number of fused-ring (bicyclic) bond motifs is 3. The van der Waals surface area contributed by atoms with Crippen molar-refractivity contribution in [1.29, 1.82) is 0 Å². The number of ether oxygens (including phenoxy) is 1. The molecule has 2 heterocycles. The molecule has 1 aliphatic rings. The molecule has 19 heavy (non-hydrogen) atoms. The van der Waals surface area contributed by atoms with Crippen molar-refractivity contribution in [3.63, 3.8) is 0 Å². The second-order valence-electron chi connectivity index (χ2n) is 4.25. The molecule has 1 aromatic carbocycles. The van der Waals surface area contributed by atoms with Gasteiger partial charge in [-0.15, -0.1) is 0 Å². The molecule has 0 saturated heterocycles. The van der Waals surface area contributed by atoms with Gasteiger partial charge in [-0.2, -0.15) is 0 Å². The van der Waals surface area contributed by atoms with E-state index in [2.05, 4.69) is 45.4 Å². The van der Waals surface area contributed by atoms with Crippen LogP contribution in [0.3, 0.4) is 0 Å². The van der Waals surface area contributed by atoms with Gasteiger partial charge in [0.2, 0.25) is 0 Å². The minimum atomic E-state index is 0.688. The minimum absolute atomic E-state index is 0.688. The Kier molecular flexibility index (Phi) is 4.30. The van der Waals surface area contributed by atoms with Gasteiger partial charge in [-0.05, 0) is 32.0 Å². The van der Waals surface area contributed by atoms with Crippen molar-refractivity contribution in [2.75, 3.05) is 6.61 Å². The van der Waals surface area contributed by atoms with Gasteiger partial charge < -0.3 is 9.30 Å². The van der Waals surface area contributed by atoms with Crippen LogP contribution in [0.15, 0.2) is 22.7 Å². The number of imidazole rings is 1. The fraction of sp³-hybridized carbons (Fsp3) is 0.400. The smallest absolute Gasteiger partial charge is 0.144 e. The fourth-order valence-corrected chi connectivity index (χ4v) is 2.52. The van der Waals surface area contributed by atoms with Crippen LogP contribution in [0.5, 0.6) is 5.75 Å². The quantitative estimate of drug-likeness (QED) is 0.721. The van der Waals surface area contributed by atoms with E-state index in [1.165, 1.54) is 5.69 Å². The Morgan fingerprint density at radius 3 is 2.74 bits per heavy atom. The largest absolute Gasteiger partial charge is 0.491 e. The highest BCUT2D eigenvalue weighted by molar-refractivity contribution is 9.10. The first-order valence-corrected chi connectivity index (χ1v) is 7.42. The van der Waals surface area contributed by atoms with Crippen LogP contribution in [-0.2, 0) is 6.54 Å². The van der Waals surface area contributed by atoms with Crippen LogP contribution in [0.1, 0.15) is 25.2 Å². The van der Waals surface area contributed by atoms with Crippen molar-refractivity contribution in [2.24, 2.45) is 0 Å². The van der Waals surface area contributed by atoms with Crippen LogP contribution in [0.25, 0.3) is 11.4 Å². The minimum Gasteiger partial charge on any atom is -0.491 e. The highest BCUT2D eigenvalue weighted by atomic mass is 79.9. The molecular formula is C15H19BrN2O. The van der Waals surface area contributed by atoms with Gasteiger partial charge in [0, 0.05) is 10.2 Å². The summed E-state index contributed by atoms with van der Waals surface area (Å²) in [6.07, 6.45) is 0. The van der Waals surface area contributed by atoms with Crippen LogP contribution in [0.4, 0.5) is 0 Å². The third kappa shape index (κ3) is 2.54. The summed E-state index contributed by atoms with van der Waals surface area (Å²) < 4.78 is 9.04. The first-order chi connectivity index (χ1) is 9.16. The summed E-state index contributed by atoms with van der Waals surface area (Å²) in [5.41, 5.74) is 3.39. The summed E-state index contributed by atoms with van der Waals surface area (Å²) in [5, 5.41) is 0. The van der Waals surface area contributed by atoms with Crippen molar-refractivity contribution >= 4 is 15.9 Å². The van der Waals surface area contributed by atoms with E-state index in [0.717, 1.165) is 33.8 Å². The zero-order valence-corrected chi connectivity index (χ0v) is 13.4. The van der Waals surface area contributed by atoms with Crippen molar-refractivity contribution in [2.45, 2.75) is 34.2 Å². The Morgan fingerprint density at radius 2 is 2.00 bits per heavy atom. The van der Waals surface area contributed by atoms with Gasteiger partial charge in [-0.1, -0.05) is 29.8 Å². The molecule has 1 aliphatic heterocycles. The van der Waals surface area contributed by atoms with E-state index >= 15 is 0 Å². The number of aromatic nitrogens is 2. The van der Waals surface area contributed by atoms with Gasteiger partial charge in [0.05, 0.1) is 17.8 Å². The number of hydrogen-bond acceptors (Lipinski definition) is 2. The second-order valence-corrected chi connectivity index (χ2v) is 5.16. The lowest BCUT2D eigenvalue weighted by Gasteiger charge is -2.06. The van der Waals surface area contributed by atoms with Gasteiger partial charge in [-0.3, -0.25) is 0 Å². The van der Waals surface area contributed by atoms with Crippen molar-refractivity contribution < 1.29 is 4.74 Å². The Balaban J connectivity index is 0.000000637. The van der Waals surface area contributed by atoms with Crippen LogP contribution in [0, 0.1) is 13.8 Å². The van der Waals surface area contributed by atoms with Crippen molar-refractivity contribution in [1.82, 2.24) is 9.55 Å². The number of halogens is 1. The molecule has 0 radical (unpaired) electrons. The maximum atomic E-state index is 5.77. The van der Waals surface area contributed by atoms with Crippen molar-refractivity contribution in [3.05, 3.63) is 34.1 Å². The molecule has 0 saturated carbocycles. The molecule has 0 atom stereocenters. The molecular weight excluding hydrogens is 304 g/mol. The normalized spacial score (nSPS) is 12.5. The highest BCUT2D eigenvalue weighted by Gasteiger charge is 2.19. The second kappa shape index (κ2) is 5.78. The van der Waals surface area contributed by atoms with E-state index in [4.69, 9.17) is 4.74 Å². The SMILES string of the molecule is CC.Cc1nc2n(c1C)CCOc1cc(Br)ccc1-2. The van der Waals surface area contributed by atoms with Crippen LogP contribution in [0.2, 0.25) is 0 Å². The first-order valence-electron chi connectivity index (χ1n) is 6.63. The van der Waals surface area contributed by atoms with E-state index in [9.17, 15) is 0 Å². The van der Waals surface area contributed by atoms with Crippen LogP contribution >= 0.6 is 15.9 Å². The lowest BCUT2D eigenvalue weighted by atomic mass is 10.2. The highest BCUT2D eigenvalue weighted by Crippen LogP contribution is 2.34. The third-order valence-corrected chi connectivity index (χ3v) is 3.71. The molecule has 0 amide bonds. The first kappa shape index (κ1) is 14.1. The summed E-state index contributed by atoms with van der Waals surface area (Å²) in [6.45, 7) is 9.70. The molecule has 0 spiro atoms. The van der Waals surface area contributed by atoms with E-state index in [1.807, 2.05) is 26.0 Å². The number of aryl methyl sites for hydroxylation is 1. The Hall–Kier alpha value is -1.29. The molecule has 1 aromatic heterocycles. The van der Waals surface area contributed by atoms with Gasteiger partial charge >= 0.3 is 0 Å². The molecule has 0 bridgehead atoms. The number of rotatable bonds is 0. The predicted octanol–water partition coefficient (Wildman–Crippen LogP) is 4.35. The number of hydrogen-bond donors (Lipinski definition) is 0. The van der Waals surface area contributed by atoms with Gasteiger partial charge in [0.15, 0.2) is 0 Å².